The number of hydrogen-bond acceptors (Lipinski definition) is 5. The van der Waals surface area contributed by atoms with E-state index in [9.17, 15) is 19.6 Å². The maximum atomic E-state index is 11.8. The fourth-order valence-corrected chi connectivity index (χ4v) is 2.38. The van der Waals surface area contributed by atoms with Gasteiger partial charge in [-0.3, -0.25) is 19.1 Å². The number of carbonyl (C=O) groups excluding carboxylic acids is 1. The van der Waals surface area contributed by atoms with Gasteiger partial charge >= 0.3 is 5.69 Å². The molecule has 7 nitrogen and oxygen atoms in total. The normalized spacial score (nSPS) is 25.4. The Kier molecular flexibility index (Phi) is 3.59. The van der Waals surface area contributed by atoms with E-state index in [4.69, 9.17) is 4.74 Å². The zero-order chi connectivity index (χ0) is 14.9. The summed E-state index contributed by atoms with van der Waals surface area (Å²) in [6, 6.07) is 2.02. The zero-order valence-corrected chi connectivity index (χ0v) is 11.3. The van der Waals surface area contributed by atoms with Crippen molar-refractivity contribution in [1.29, 1.82) is 5.26 Å². The summed E-state index contributed by atoms with van der Waals surface area (Å²) in [5, 5.41) is 9.23. The minimum Gasteiger partial charge on any atom is -0.336 e. The van der Waals surface area contributed by atoms with Crippen LogP contribution >= 0.6 is 0 Å². The van der Waals surface area contributed by atoms with Crippen molar-refractivity contribution in [3.8, 4) is 6.07 Å². The van der Waals surface area contributed by atoms with Crippen molar-refractivity contribution < 1.29 is 9.53 Å². The van der Waals surface area contributed by atoms with Crippen LogP contribution in [0.4, 0.5) is 0 Å². The lowest BCUT2D eigenvalue weighted by Crippen LogP contribution is -2.35. The summed E-state index contributed by atoms with van der Waals surface area (Å²) < 4.78 is 6.89. The van der Waals surface area contributed by atoms with Gasteiger partial charge in [0, 0.05) is 18.2 Å². The second-order valence-corrected chi connectivity index (χ2v) is 5.07. The lowest BCUT2D eigenvalue weighted by Gasteiger charge is -2.21. The van der Waals surface area contributed by atoms with Crippen LogP contribution in [0.25, 0.3) is 0 Å². The lowest BCUT2D eigenvalue weighted by atomic mass is 9.96. The van der Waals surface area contributed by atoms with Crippen LogP contribution in [0, 0.1) is 18.3 Å². The number of H-pyrrole nitrogens is 1. The molecule has 1 aliphatic heterocycles. The highest BCUT2D eigenvalue weighted by Crippen LogP contribution is 2.37. The molecule has 0 aliphatic carbocycles. The minimum absolute atomic E-state index is 0.00289. The smallest absolute Gasteiger partial charge is 0.330 e. The van der Waals surface area contributed by atoms with Crippen LogP contribution in [0.15, 0.2) is 15.8 Å². The molecule has 20 heavy (non-hydrogen) atoms. The Hall–Kier alpha value is -2.20. The van der Waals surface area contributed by atoms with Gasteiger partial charge in [0.25, 0.3) is 5.56 Å². The Morgan fingerprint density at radius 3 is 2.95 bits per heavy atom. The van der Waals surface area contributed by atoms with E-state index in [1.54, 1.807) is 6.92 Å². The standard InChI is InChI=1S/C13H15N3O4/c1-8-6-16(12(19)15-11(8)18)10-3-4-13(7-14,20-10)5-9(2)17/h6,10H,3-5H2,1-2H3,(H,15,18,19)/t10-,13+/m1/s1. The van der Waals surface area contributed by atoms with Gasteiger partial charge in [-0.2, -0.15) is 5.26 Å². The third-order valence-corrected chi connectivity index (χ3v) is 3.35. The number of aryl methyl sites for hydroxylation is 1. The fourth-order valence-electron chi connectivity index (χ4n) is 2.38. The summed E-state index contributed by atoms with van der Waals surface area (Å²) in [7, 11) is 0. The van der Waals surface area contributed by atoms with E-state index in [0.717, 1.165) is 0 Å². The Labute approximate surface area is 114 Å². The molecule has 1 aromatic heterocycles. The molecular formula is C13H15N3O4. The van der Waals surface area contributed by atoms with Crippen molar-refractivity contribution in [3.63, 3.8) is 0 Å². The molecular weight excluding hydrogens is 262 g/mol. The first-order valence-corrected chi connectivity index (χ1v) is 6.27. The van der Waals surface area contributed by atoms with Gasteiger partial charge in [0.2, 0.25) is 0 Å². The van der Waals surface area contributed by atoms with Gasteiger partial charge in [-0.15, -0.1) is 0 Å². The fraction of sp³-hybridized carbons (Fsp3) is 0.538. The monoisotopic (exact) mass is 277 g/mol. The van der Waals surface area contributed by atoms with Crippen LogP contribution in [-0.2, 0) is 9.53 Å². The number of nitrogens with one attached hydrogen (secondary N) is 1. The van der Waals surface area contributed by atoms with E-state index in [0.29, 0.717) is 18.4 Å². The third kappa shape index (κ3) is 2.56. The second kappa shape index (κ2) is 5.06. The molecule has 2 rings (SSSR count). The van der Waals surface area contributed by atoms with Gasteiger partial charge in [0.1, 0.15) is 12.0 Å². The predicted molar refractivity (Wildman–Crippen MR) is 69.1 cm³/mol. The highest BCUT2D eigenvalue weighted by Gasteiger charge is 2.42. The van der Waals surface area contributed by atoms with Gasteiger partial charge in [-0.05, 0) is 26.7 Å². The number of aromatic amines is 1. The number of Topliss-reactive ketones (excluding diaryl/α,β-unsaturated/α-hetero) is 1. The molecule has 1 aliphatic rings. The Morgan fingerprint density at radius 1 is 1.65 bits per heavy atom. The zero-order valence-electron chi connectivity index (χ0n) is 11.3. The predicted octanol–water partition coefficient (Wildman–Crippen LogP) is 0.396. The molecule has 1 saturated heterocycles. The van der Waals surface area contributed by atoms with Crippen molar-refractivity contribution >= 4 is 5.78 Å². The first-order valence-electron chi connectivity index (χ1n) is 6.27. The van der Waals surface area contributed by atoms with E-state index in [-0.39, 0.29) is 12.2 Å². The van der Waals surface area contributed by atoms with E-state index in [1.807, 2.05) is 6.07 Å². The molecule has 0 amide bonds. The van der Waals surface area contributed by atoms with Gasteiger partial charge < -0.3 is 4.74 Å². The summed E-state index contributed by atoms with van der Waals surface area (Å²) in [6.45, 7) is 2.98. The number of ketones is 1. The molecule has 0 unspecified atom stereocenters. The van der Waals surface area contributed by atoms with E-state index in [2.05, 4.69) is 4.98 Å². The Balaban J connectivity index is 2.32. The largest absolute Gasteiger partial charge is 0.336 e. The van der Waals surface area contributed by atoms with Crippen LogP contribution < -0.4 is 11.2 Å². The average Bonchev–Trinajstić information content (AvgIpc) is 2.77. The van der Waals surface area contributed by atoms with Crippen LogP contribution in [0.3, 0.4) is 0 Å². The maximum absolute atomic E-state index is 11.8. The molecule has 0 saturated carbocycles. The highest BCUT2D eigenvalue weighted by molar-refractivity contribution is 5.77. The van der Waals surface area contributed by atoms with E-state index < -0.39 is 23.1 Å². The van der Waals surface area contributed by atoms with Crippen molar-refractivity contribution in [2.75, 3.05) is 0 Å². The SMILES string of the molecule is CC(=O)C[C@]1(C#N)CC[C@H](n2cc(C)c(=O)[nH]c2=O)O1. The van der Waals surface area contributed by atoms with Crippen LogP contribution in [0.5, 0.6) is 0 Å². The van der Waals surface area contributed by atoms with Gasteiger partial charge in [0.05, 0.1) is 6.07 Å². The molecule has 106 valence electrons. The molecule has 0 spiro atoms. The molecule has 2 heterocycles. The average molecular weight is 277 g/mol. The van der Waals surface area contributed by atoms with Gasteiger partial charge in [-0.25, -0.2) is 4.79 Å². The Morgan fingerprint density at radius 2 is 2.35 bits per heavy atom. The minimum atomic E-state index is -1.18. The first kappa shape index (κ1) is 14.2. The van der Waals surface area contributed by atoms with E-state index >= 15 is 0 Å². The van der Waals surface area contributed by atoms with Gasteiger partial charge in [-0.1, -0.05) is 0 Å². The quantitative estimate of drug-likeness (QED) is 0.860. The number of hydrogen-bond donors (Lipinski definition) is 1. The third-order valence-electron chi connectivity index (χ3n) is 3.35. The molecule has 7 heteroatoms. The molecule has 2 atom stereocenters. The molecule has 0 radical (unpaired) electrons. The van der Waals surface area contributed by atoms with E-state index in [1.165, 1.54) is 17.7 Å². The number of carbonyl (C=O) groups is 1. The molecule has 0 aromatic carbocycles. The Bertz CT molecular complexity index is 697. The molecule has 1 N–H and O–H groups in total. The number of nitriles is 1. The van der Waals surface area contributed by atoms with Crippen molar-refractivity contribution in [2.24, 2.45) is 0 Å². The molecule has 0 bridgehead atoms. The summed E-state index contributed by atoms with van der Waals surface area (Å²) in [5.41, 5.74) is -1.82. The van der Waals surface area contributed by atoms with Crippen LogP contribution in [-0.4, -0.2) is 20.9 Å². The van der Waals surface area contributed by atoms with Gasteiger partial charge in [0.15, 0.2) is 5.60 Å². The van der Waals surface area contributed by atoms with Crippen molar-refractivity contribution in [3.05, 3.63) is 32.6 Å². The molecule has 1 aromatic rings. The second-order valence-electron chi connectivity index (χ2n) is 5.07. The van der Waals surface area contributed by atoms with Crippen LogP contribution in [0.1, 0.15) is 38.0 Å². The summed E-state index contributed by atoms with van der Waals surface area (Å²) >= 11 is 0. The number of ether oxygens (including phenoxy) is 1. The number of aromatic nitrogens is 2. The van der Waals surface area contributed by atoms with Crippen LogP contribution in [0.2, 0.25) is 0 Å². The summed E-state index contributed by atoms with van der Waals surface area (Å²) in [5.74, 6) is -0.141. The maximum Gasteiger partial charge on any atom is 0.330 e. The van der Waals surface area contributed by atoms with Crippen molar-refractivity contribution in [1.82, 2.24) is 9.55 Å². The summed E-state index contributed by atoms with van der Waals surface area (Å²) in [6.07, 6.45) is 1.58. The number of nitrogens with zero attached hydrogens (tertiary/aromatic N) is 2. The lowest BCUT2D eigenvalue weighted by molar-refractivity contribution is -0.123. The number of rotatable bonds is 3. The first-order chi connectivity index (χ1) is 9.37. The molecule has 1 fully saturated rings. The topological polar surface area (TPSA) is 105 Å². The summed E-state index contributed by atoms with van der Waals surface area (Å²) in [4.78, 5) is 36.5. The van der Waals surface area contributed by atoms with Crippen molar-refractivity contribution in [2.45, 2.75) is 44.9 Å². The highest BCUT2D eigenvalue weighted by atomic mass is 16.5.